The Morgan fingerprint density at radius 1 is 1.63 bits per heavy atom. The largest absolute Gasteiger partial charge is 0.481 e. The van der Waals surface area contributed by atoms with E-state index in [2.05, 4.69) is 10.2 Å². The maximum Gasteiger partial charge on any atom is 0.313 e. The monoisotopic (exact) mass is 287 g/mol. The molecule has 19 heavy (non-hydrogen) atoms. The quantitative estimate of drug-likeness (QED) is 0.735. The normalized spacial score (nSPS) is 18.9. The van der Waals surface area contributed by atoms with Crippen molar-refractivity contribution in [1.29, 1.82) is 0 Å². The molecular formula is C11H17N3O4S. The van der Waals surface area contributed by atoms with Crippen LogP contribution in [0.15, 0.2) is 5.16 Å². The van der Waals surface area contributed by atoms with Crippen LogP contribution >= 0.6 is 11.8 Å². The lowest BCUT2D eigenvalue weighted by Crippen LogP contribution is -2.13. The van der Waals surface area contributed by atoms with E-state index in [1.54, 1.807) is 7.11 Å². The second kappa shape index (κ2) is 6.88. The molecule has 1 unspecified atom stereocenters. The summed E-state index contributed by atoms with van der Waals surface area (Å²) < 4.78 is 12.4. The molecule has 1 fully saturated rings. The summed E-state index contributed by atoms with van der Waals surface area (Å²) in [5, 5.41) is 17.6. The van der Waals surface area contributed by atoms with Gasteiger partial charge in [0.2, 0.25) is 0 Å². The van der Waals surface area contributed by atoms with Crippen molar-refractivity contribution in [1.82, 2.24) is 14.8 Å². The highest BCUT2D eigenvalue weighted by atomic mass is 32.2. The second-order valence-corrected chi connectivity index (χ2v) is 5.17. The molecule has 0 aromatic carbocycles. The molecule has 1 N–H and O–H groups in total. The Bertz CT molecular complexity index is 432. The zero-order chi connectivity index (χ0) is 13.7. The van der Waals surface area contributed by atoms with E-state index >= 15 is 0 Å². The van der Waals surface area contributed by atoms with Crippen LogP contribution in [-0.4, -0.2) is 58.5 Å². The molecule has 7 nitrogen and oxygen atoms in total. The number of thioether (sulfide) groups is 1. The average molecular weight is 287 g/mol. The fourth-order valence-corrected chi connectivity index (χ4v) is 2.66. The average Bonchev–Trinajstić information content (AvgIpc) is 3.02. The minimum atomic E-state index is -0.864. The van der Waals surface area contributed by atoms with Crippen LogP contribution in [0.1, 0.15) is 18.2 Å². The van der Waals surface area contributed by atoms with Crippen LogP contribution in [0.3, 0.4) is 0 Å². The number of carboxylic acid groups (broad SMARTS) is 1. The van der Waals surface area contributed by atoms with E-state index in [0.717, 1.165) is 18.9 Å². The maximum atomic E-state index is 10.6. The van der Waals surface area contributed by atoms with E-state index < -0.39 is 5.97 Å². The third-order valence-electron chi connectivity index (χ3n) is 2.88. The van der Waals surface area contributed by atoms with Crippen LogP contribution in [0.5, 0.6) is 0 Å². The van der Waals surface area contributed by atoms with Gasteiger partial charge < -0.3 is 19.1 Å². The number of nitrogens with zero attached hydrogens (tertiary/aromatic N) is 3. The molecule has 0 saturated carbocycles. The minimum Gasteiger partial charge on any atom is -0.481 e. The first-order chi connectivity index (χ1) is 9.22. The van der Waals surface area contributed by atoms with E-state index in [4.69, 9.17) is 14.6 Å². The molecule has 1 saturated heterocycles. The van der Waals surface area contributed by atoms with Gasteiger partial charge in [-0.2, -0.15) is 0 Å². The van der Waals surface area contributed by atoms with Gasteiger partial charge >= 0.3 is 5.97 Å². The van der Waals surface area contributed by atoms with Gasteiger partial charge in [-0.15, -0.1) is 10.2 Å². The zero-order valence-electron chi connectivity index (χ0n) is 10.7. The molecule has 1 aromatic heterocycles. The van der Waals surface area contributed by atoms with Crippen LogP contribution in [0.25, 0.3) is 0 Å². The number of aliphatic carboxylic acids is 1. The summed E-state index contributed by atoms with van der Waals surface area (Å²) in [7, 11) is 1.63. The summed E-state index contributed by atoms with van der Waals surface area (Å²) in [5.41, 5.74) is 0. The first-order valence-electron chi connectivity index (χ1n) is 6.06. The van der Waals surface area contributed by atoms with Crippen LogP contribution in [0, 0.1) is 0 Å². The van der Waals surface area contributed by atoms with E-state index in [0.29, 0.717) is 24.9 Å². The number of aromatic nitrogens is 3. The van der Waals surface area contributed by atoms with Crippen molar-refractivity contribution in [2.45, 2.75) is 24.0 Å². The van der Waals surface area contributed by atoms with Crippen molar-refractivity contribution in [3.63, 3.8) is 0 Å². The number of rotatable bonds is 7. The molecule has 0 bridgehead atoms. The van der Waals surface area contributed by atoms with Crippen molar-refractivity contribution in [2.24, 2.45) is 0 Å². The Kier molecular flexibility index (Phi) is 5.17. The van der Waals surface area contributed by atoms with E-state index in [-0.39, 0.29) is 11.7 Å². The third kappa shape index (κ3) is 3.68. The lowest BCUT2D eigenvalue weighted by atomic mass is 10.1. The van der Waals surface area contributed by atoms with Gasteiger partial charge in [0.1, 0.15) is 5.82 Å². The SMILES string of the molecule is COCCn1c(SCC(=O)O)nnc1C1CCOC1. The van der Waals surface area contributed by atoms with Crippen molar-refractivity contribution in [3.8, 4) is 0 Å². The molecule has 8 heteroatoms. The first-order valence-corrected chi connectivity index (χ1v) is 7.05. The molecule has 0 amide bonds. The number of ether oxygens (including phenoxy) is 2. The standard InChI is InChI=1S/C11H17N3O4S/c1-17-5-3-14-10(8-2-4-18-6-8)12-13-11(14)19-7-9(15)16/h8H,2-7H2,1H3,(H,15,16). The third-order valence-corrected chi connectivity index (χ3v) is 3.84. The highest BCUT2D eigenvalue weighted by molar-refractivity contribution is 7.99. The predicted octanol–water partition coefficient (Wildman–Crippen LogP) is 0.605. The van der Waals surface area contributed by atoms with E-state index in [1.165, 1.54) is 11.8 Å². The summed E-state index contributed by atoms with van der Waals surface area (Å²) in [6.45, 7) is 2.55. The minimum absolute atomic E-state index is 0.0215. The summed E-state index contributed by atoms with van der Waals surface area (Å²) in [6.07, 6.45) is 0.925. The summed E-state index contributed by atoms with van der Waals surface area (Å²) in [4.78, 5) is 10.6. The molecule has 2 rings (SSSR count). The molecule has 0 radical (unpaired) electrons. The molecule has 1 atom stereocenters. The van der Waals surface area contributed by atoms with Gasteiger partial charge in [-0.05, 0) is 6.42 Å². The molecular weight excluding hydrogens is 270 g/mol. The Morgan fingerprint density at radius 2 is 2.47 bits per heavy atom. The van der Waals surface area contributed by atoms with Gasteiger partial charge in [0, 0.05) is 26.2 Å². The van der Waals surface area contributed by atoms with Gasteiger partial charge in [0.15, 0.2) is 5.16 Å². The Morgan fingerprint density at radius 3 is 3.11 bits per heavy atom. The van der Waals surface area contributed by atoms with Gasteiger partial charge in [-0.25, -0.2) is 0 Å². The van der Waals surface area contributed by atoms with Crippen LogP contribution < -0.4 is 0 Å². The van der Waals surface area contributed by atoms with Crippen molar-refractivity contribution >= 4 is 17.7 Å². The number of methoxy groups -OCH3 is 1. The molecule has 1 aromatic rings. The molecule has 106 valence electrons. The summed E-state index contributed by atoms with van der Waals surface area (Å²) in [6, 6.07) is 0. The van der Waals surface area contributed by atoms with Gasteiger partial charge in [-0.3, -0.25) is 4.79 Å². The molecule has 0 spiro atoms. The van der Waals surface area contributed by atoms with Crippen LogP contribution in [0.4, 0.5) is 0 Å². The Balaban J connectivity index is 2.14. The predicted molar refractivity (Wildman–Crippen MR) is 68.4 cm³/mol. The van der Waals surface area contributed by atoms with E-state index in [9.17, 15) is 4.79 Å². The summed E-state index contributed by atoms with van der Waals surface area (Å²) >= 11 is 1.18. The van der Waals surface area contributed by atoms with Crippen molar-refractivity contribution in [3.05, 3.63) is 5.82 Å². The molecule has 1 aliphatic heterocycles. The van der Waals surface area contributed by atoms with Gasteiger partial charge in [-0.1, -0.05) is 11.8 Å². The van der Waals surface area contributed by atoms with Crippen molar-refractivity contribution < 1.29 is 19.4 Å². The smallest absolute Gasteiger partial charge is 0.313 e. The Hall–Kier alpha value is -1.12. The number of carboxylic acids is 1. The molecule has 2 heterocycles. The van der Waals surface area contributed by atoms with Gasteiger partial charge in [0.05, 0.1) is 19.0 Å². The number of hydrogen-bond donors (Lipinski definition) is 1. The maximum absolute atomic E-state index is 10.6. The fraction of sp³-hybridized carbons (Fsp3) is 0.727. The van der Waals surface area contributed by atoms with E-state index in [1.807, 2.05) is 4.57 Å². The second-order valence-electron chi connectivity index (χ2n) is 4.23. The lowest BCUT2D eigenvalue weighted by Gasteiger charge is -2.12. The first kappa shape index (κ1) is 14.3. The molecule has 1 aliphatic rings. The van der Waals surface area contributed by atoms with Crippen LogP contribution in [0.2, 0.25) is 0 Å². The highest BCUT2D eigenvalue weighted by Crippen LogP contribution is 2.27. The molecule has 0 aliphatic carbocycles. The van der Waals surface area contributed by atoms with Crippen molar-refractivity contribution in [2.75, 3.05) is 32.7 Å². The number of hydrogen-bond acceptors (Lipinski definition) is 6. The number of carbonyl (C=O) groups is 1. The van der Waals surface area contributed by atoms with Crippen LogP contribution in [-0.2, 0) is 20.8 Å². The fourth-order valence-electron chi connectivity index (χ4n) is 1.97. The topological polar surface area (TPSA) is 86.5 Å². The zero-order valence-corrected chi connectivity index (χ0v) is 11.6. The summed E-state index contributed by atoms with van der Waals surface area (Å²) in [5.74, 6) is 0.217. The van der Waals surface area contributed by atoms with Gasteiger partial charge in [0.25, 0.3) is 0 Å². The Labute approximate surface area is 115 Å². The highest BCUT2D eigenvalue weighted by Gasteiger charge is 2.25. The lowest BCUT2D eigenvalue weighted by molar-refractivity contribution is -0.133.